The molecule has 0 radical (unpaired) electrons. The molecule has 0 saturated heterocycles. The molecule has 0 heterocycles. The van der Waals surface area contributed by atoms with E-state index in [2.05, 4.69) is 22.8 Å². The van der Waals surface area contributed by atoms with Gasteiger partial charge in [0.1, 0.15) is 12.1 Å². The maximum absolute atomic E-state index is 13.0. The molecule has 1 atom stereocenters. The van der Waals surface area contributed by atoms with Crippen molar-refractivity contribution in [2.24, 2.45) is 0 Å². The van der Waals surface area contributed by atoms with E-state index in [-0.39, 0.29) is 18.1 Å². The number of benzene rings is 3. The van der Waals surface area contributed by atoms with Crippen molar-refractivity contribution in [1.29, 1.82) is 0 Å². The van der Waals surface area contributed by atoms with Gasteiger partial charge >= 0.3 is 12.1 Å². The summed E-state index contributed by atoms with van der Waals surface area (Å²) in [5.41, 5.74) is 4.41. The first-order chi connectivity index (χ1) is 16.7. The van der Waals surface area contributed by atoms with Crippen molar-refractivity contribution in [3.8, 4) is 11.1 Å². The SMILES string of the molecule is CCC(C)(NC(=O)OCC1c2ccccc2-c2ccccc21)C(=O)Nc1ccc(C(=O)O)c(C)c1. The number of carboxylic acids is 1. The number of anilines is 1. The molecule has 180 valence electrons. The molecule has 7 heteroatoms. The molecule has 1 aliphatic rings. The van der Waals surface area contributed by atoms with Gasteiger partial charge in [-0.3, -0.25) is 4.79 Å². The average Bonchev–Trinajstić information content (AvgIpc) is 3.16. The van der Waals surface area contributed by atoms with E-state index in [4.69, 9.17) is 4.74 Å². The van der Waals surface area contributed by atoms with Crippen molar-refractivity contribution in [1.82, 2.24) is 5.32 Å². The van der Waals surface area contributed by atoms with Crippen LogP contribution in [0.3, 0.4) is 0 Å². The van der Waals surface area contributed by atoms with Crippen molar-refractivity contribution in [3.05, 3.63) is 89.0 Å². The lowest BCUT2D eigenvalue weighted by Gasteiger charge is -2.28. The van der Waals surface area contributed by atoms with Gasteiger partial charge < -0.3 is 20.5 Å². The van der Waals surface area contributed by atoms with Gasteiger partial charge in [0.25, 0.3) is 0 Å². The molecule has 0 fully saturated rings. The van der Waals surface area contributed by atoms with Crippen LogP contribution in [-0.2, 0) is 9.53 Å². The number of aromatic carboxylic acids is 1. The molecule has 0 spiro atoms. The third-order valence-corrected chi connectivity index (χ3v) is 6.64. The molecule has 0 aromatic heterocycles. The van der Waals surface area contributed by atoms with E-state index in [0.29, 0.717) is 17.7 Å². The van der Waals surface area contributed by atoms with Gasteiger partial charge in [-0.25, -0.2) is 9.59 Å². The van der Waals surface area contributed by atoms with E-state index in [1.54, 1.807) is 26.8 Å². The first kappa shape index (κ1) is 24.0. The fourth-order valence-electron chi connectivity index (χ4n) is 4.42. The summed E-state index contributed by atoms with van der Waals surface area (Å²) in [4.78, 5) is 37.0. The Morgan fingerprint density at radius 2 is 1.57 bits per heavy atom. The molecule has 3 aromatic carbocycles. The molecule has 0 aliphatic heterocycles. The first-order valence-corrected chi connectivity index (χ1v) is 11.5. The molecule has 1 unspecified atom stereocenters. The summed E-state index contributed by atoms with van der Waals surface area (Å²) in [6.07, 6.45) is -0.348. The molecular formula is C28H28N2O5. The Labute approximate surface area is 204 Å². The Kier molecular flexibility index (Phi) is 6.60. The Bertz CT molecular complexity index is 1260. The van der Waals surface area contributed by atoms with E-state index in [1.807, 2.05) is 36.4 Å². The summed E-state index contributed by atoms with van der Waals surface area (Å²) >= 11 is 0. The molecule has 35 heavy (non-hydrogen) atoms. The fourth-order valence-corrected chi connectivity index (χ4v) is 4.42. The number of amides is 2. The van der Waals surface area contributed by atoms with E-state index < -0.39 is 23.5 Å². The number of fused-ring (bicyclic) bond motifs is 3. The normalized spacial score (nSPS) is 13.8. The zero-order valence-electron chi connectivity index (χ0n) is 19.9. The fraction of sp³-hybridized carbons (Fsp3) is 0.250. The van der Waals surface area contributed by atoms with Gasteiger partial charge in [0.2, 0.25) is 5.91 Å². The minimum absolute atomic E-state index is 0.0782. The van der Waals surface area contributed by atoms with Crippen LogP contribution >= 0.6 is 0 Å². The summed E-state index contributed by atoms with van der Waals surface area (Å²) in [6.45, 7) is 5.23. The van der Waals surface area contributed by atoms with Crippen LogP contribution in [0.15, 0.2) is 66.7 Å². The van der Waals surface area contributed by atoms with E-state index in [1.165, 1.54) is 12.1 Å². The van der Waals surface area contributed by atoms with Gasteiger partial charge in [-0.2, -0.15) is 0 Å². The number of nitrogens with one attached hydrogen (secondary N) is 2. The zero-order valence-corrected chi connectivity index (χ0v) is 19.9. The highest BCUT2D eigenvalue weighted by molar-refractivity contribution is 6.00. The lowest BCUT2D eigenvalue weighted by atomic mass is 9.97. The monoisotopic (exact) mass is 472 g/mol. The number of hydrogen-bond donors (Lipinski definition) is 3. The van der Waals surface area contributed by atoms with Gasteiger partial charge in [0.05, 0.1) is 5.56 Å². The maximum atomic E-state index is 13.0. The van der Waals surface area contributed by atoms with Crippen LogP contribution in [0, 0.1) is 6.92 Å². The maximum Gasteiger partial charge on any atom is 0.408 e. The van der Waals surface area contributed by atoms with Crippen molar-refractivity contribution in [3.63, 3.8) is 0 Å². The minimum atomic E-state index is -1.22. The van der Waals surface area contributed by atoms with Gasteiger partial charge in [-0.15, -0.1) is 0 Å². The highest BCUT2D eigenvalue weighted by Crippen LogP contribution is 2.44. The molecule has 4 rings (SSSR count). The van der Waals surface area contributed by atoms with Crippen molar-refractivity contribution in [2.45, 2.75) is 38.6 Å². The summed E-state index contributed by atoms with van der Waals surface area (Å²) in [5.74, 6) is -1.53. The Hall–Kier alpha value is -4.13. The van der Waals surface area contributed by atoms with Crippen LogP contribution in [0.25, 0.3) is 11.1 Å². The lowest BCUT2D eigenvalue weighted by Crippen LogP contribution is -2.54. The number of carbonyl (C=O) groups excluding carboxylic acids is 2. The summed E-state index contributed by atoms with van der Waals surface area (Å²) in [6, 6.07) is 20.7. The largest absolute Gasteiger partial charge is 0.478 e. The molecule has 3 N–H and O–H groups in total. The van der Waals surface area contributed by atoms with Crippen LogP contribution in [-0.4, -0.2) is 35.2 Å². The predicted octanol–water partition coefficient (Wildman–Crippen LogP) is 5.34. The second kappa shape index (κ2) is 9.62. The van der Waals surface area contributed by atoms with Gasteiger partial charge in [0, 0.05) is 11.6 Å². The van der Waals surface area contributed by atoms with Gasteiger partial charge in [0.15, 0.2) is 0 Å². The number of hydrogen-bond acceptors (Lipinski definition) is 4. The first-order valence-electron chi connectivity index (χ1n) is 11.5. The molecular weight excluding hydrogens is 444 g/mol. The molecule has 7 nitrogen and oxygen atoms in total. The zero-order chi connectivity index (χ0) is 25.2. The highest BCUT2D eigenvalue weighted by atomic mass is 16.5. The lowest BCUT2D eigenvalue weighted by molar-refractivity contribution is -0.121. The highest BCUT2D eigenvalue weighted by Gasteiger charge is 2.35. The Balaban J connectivity index is 1.42. The Morgan fingerprint density at radius 1 is 0.971 bits per heavy atom. The molecule has 0 saturated carbocycles. The smallest absolute Gasteiger partial charge is 0.408 e. The quantitative estimate of drug-likeness (QED) is 0.431. The summed E-state index contributed by atoms with van der Waals surface area (Å²) in [5, 5.41) is 14.7. The predicted molar refractivity (Wildman–Crippen MR) is 134 cm³/mol. The van der Waals surface area contributed by atoms with Crippen LogP contribution in [0.4, 0.5) is 10.5 Å². The Morgan fingerprint density at radius 3 is 2.11 bits per heavy atom. The number of ether oxygens (including phenoxy) is 1. The van der Waals surface area contributed by atoms with Gasteiger partial charge in [-0.1, -0.05) is 55.5 Å². The minimum Gasteiger partial charge on any atom is -0.478 e. The third kappa shape index (κ3) is 4.75. The average molecular weight is 473 g/mol. The summed E-state index contributed by atoms with van der Waals surface area (Å²) in [7, 11) is 0. The van der Waals surface area contributed by atoms with Gasteiger partial charge in [-0.05, 0) is 66.3 Å². The van der Waals surface area contributed by atoms with Crippen LogP contribution < -0.4 is 10.6 Å². The number of alkyl carbamates (subject to hydrolysis) is 1. The van der Waals surface area contributed by atoms with Crippen molar-refractivity contribution >= 4 is 23.7 Å². The number of rotatable bonds is 7. The second-order valence-electron chi connectivity index (χ2n) is 8.93. The molecule has 3 aromatic rings. The molecule has 2 amide bonds. The number of carboxylic acid groups (broad SMARTS) is 1. The van der Waals surface area contributed by atoms with Crippen molar-refractivity contribution < 1.29 is 24.2 Å². The summed E-state index contributed by atoms with van der Waals surface area (Å²) < 4.78 is 5.60. The van der Waals surface area contributed by atoms with Crippen LogP contribution in [0.1, 0.15) is 53.2 Å². The number of aryl methyl sites for hydroxylation is 1. The van der Waals surface area contributed by atoms with E-state index >= 15 is 0 Å². The number of carbonyl (C=O) groups is 3. The second-order valence-corrected chi connectivity index (χ2v) is 8.93. The van der Waals surface area contributed by atoms with Crippen LogP contribution in [0.5, 0.6) is 0 Å². The standard InChI is InChI=1S/C28H28N2O5/c1-4-28(3,26(33)29-18-13-14-19(25(31)32)17(2)15-18)30-27(34)35-16-24-22-11-7-5-9-20(22)21-10-6-8-12-23(21)24/h5-15,24H,4,16H2,1-3H3,(H,29,33)(H,30,34)(H,31,32). The van der Waals surface area contributed by atoms with Crippen molar-refractivity contribution in [2.75, 3.05) is 11.9 Å². The molecule has 1 aliphatic carbocycles. The van der Waals surface area contributed by atoms with Crippen LogP contribution in [0.2, 0.25) is 0 Å². The third-order valence-electron chi connectivity index (χ3n) is 6.64. The molecule has 0 bridgehead atoms. The topological polar surface area (TPSA) is 105 Å². The van der Waals surface area contributed by atoms with E-state index in [9.17, 15) is 19.5 Å². The van der Waals surface area contributed by atoms with E-state index in [0.717, 1.165) is 22.3 Å².